The second kappa shape index (κ2) is 8.88. The van der Waals surface area contributed by atoms with E-state index >= 15 is 0 Å². The van der Waals surface area contributed by atoms with Gasteiger partial charge in [-0.3, -0.25) is 14.9 Å². The highest BCUT2D eigenvalue weighted by molar-refractivity contribution is 5.96. The number of anilines is 1. The van der Waals surface area contributed by atoms with Gasteiger partial charge in [-0.2, -0.15) is 13.2 Å². The molecule has 0 spiro atoms. The van der Waals surface area contributed by atoms with Gasteiger partial charge in [-0.25, -0.2) is 0 Å². The van der Waals surface area contributed by atoms with Gasteiger partial charge in [-0.05, 0) is 44.2 Å². The average molecular weight is 476 g/mol. The van der Waals surface area contributed by atoms with Crippen LogP contribution in [0.4, 0.5) is 24.5 Å². The van der Waals surface area contributed by atoms with E-state index in [0.29, 0.717) is 31.3 Å². The molecule has 3 heterocycles. The maximum Gasteiger partial charge on any atom is 0.416 e. The highest BCUT2D eigenvalue weighted by Crippen LogP contribution is 2.37. The van der Waals surface area contributed by atoms with Crippen LogP contribution in [0.5, 0.6) is 0 Å². The average Bonchev–Trinajstić information content (AvgIpc) is 3.41. The van der Waals surface area contributed by atoms with Crippen molar-refractivity contribution in [2.24, 2.45) is 0 Å². The number of carbonyl (C=O) groups is 1. The predicted molar refractivity (Wildman–Crippen MR) is 118 cm³/mol. The first-order valence-corrected chi connectivity index (χ1v) is 10.6. The van der Waals surface area contributed by atoms with Crippen LogP contribution in [-0.4, -0.2) is 46.5 Å². The van der Waals surface area contributed by atoms with Gasteiger partial charge in [0.15, 0.2) is 0 Å². The number of amides is 1. The van der Waals surface area contributed by atoms with Gasteiger partial charge in [0.2, 0.25) is 0 Å². The second-order valence-electron chi connectivity index (χ2n) is 8.19. The Labute approximate surface area is 193 Å². The third kappa shape index (κ3) is 4.50. The molecule has 0 radical (unpaired) electrons. The molecule has 34 heavy (non-hydrogen) atoms. The Morgan fingerprint density at radius 1 is 1.12 bits per heavy atom. The highest BCUT2D eigenvalue weighted by Gasteiger charge is 2.34. The molecule has 180 valence electrons. The molecular formula is C23H23F3N4O4. The van der Waals surface area contributed by atoms with Crippen LogP contribution < -0.4 is 4.90 Å². The third-order valence-electron chi connectivity index (χ3n) is 6.11. The van der Waals surface area contributed by atoms with E-state index < -0.39 is 22.4 Å². The van der Waals surface area contributed by atoms with Crippen molar-refractivity contribution < 1.29 is 27.3 Å². The number of nitrogens with zero attached hydrogens (tertiary/aromatic N) is 4. The summed E-state index contributed by atoms with van der Waals surface area (Å²) in [5.41, 5.74) is 0.730. The molecule has 1 amide bonds. The van der Waals surface area contributed by atoms with Crippen molar-refractivity contribution in [3.05, 3.63) is 81.1 Å². The molecule has 2 aromatic heterocycles. The molecule has 0 bridgehead atoms. The maximum absolute atomic E-state index is 13.2. The minimum atomic E-state index is -4.67. The Kier molecular flexibility index (Phi) is 6.11. The van der Waals surface area contributed by atoms with E-state index in [-0.39, 0.29) is 24.7 Å². The Balaban J connectivity index is 1.48. The lowest BCUT2D eigenvalue weighted by molar-refractivity contribution is -0.384. The number of halogens is 3. The number of hydrogen-bond donors (Lipinski definition) is 0. The van der Waals surface area contributed by atoms with Gasteiger partial charge in [0.05, 0.1) is 28.9 Å². The summed E-state index contributed by atoms with van der Waals surface area (Å²) in [7, 11) is 0. The molecule has 1 aromatic carbocycles. The summed E-state index contributed by atoms with van der Waals surface area (Å²) in [5.74, 6) is 0.618. The zero-order chi connectivity index (χ0) is 24.6. The zero-order valence-electron chi connectivity index (χ0n) is 18.6. The molecule has 8 nitrogen and oxygen atoms in total. The number of nitro groups is 1. The minimum Gasteiger partial charge on any atom is -0.467 e. The number of alkyl halides is 3. The van der Waals surface area contributed by atoms with Gasteiger partial charge >= 0.3 is 6.18 Å². The minimum absolute atomic E-state index is 0.113. The molecule has 0 saturated carbocycles. The van der Waals surface area contributed by atoms with E-state index in [1.807, 2.05) is 30.5 Å². The number of benzene rings is 1. The SMILES string of the molecule is Cc1cc(C(=O)N2CCN(c3ccc(C(F)(F)F)cc3[N+](=O)[O-])CC2)c(C)n1Cc1ccco1. The number of rotatable bonds is 5. The molecule has 11 heteroatoms. The summed E-state index contributed by atoms with van der Waals surface area (Å²) in [6.45, 7) is 5.40. The summed E-state index contributed by atoms with van der Waals surface area (Å²) in [6, 6.07) is 8.01. The van der Waals surface area contributed by atoms with E-state index in [4.69, 9.17) is 4.42 Å². The van der Waals surface area contributed by atoms with Crippen LogP contribution in [0, 0.1) is 24.0 Å². The fourth-order valence-corrected chi connectivity index (χ4v) is 4.25. The smallest absolute Gasteiger partial charge is 0.416 e. The fourth-order valence-electron chi connectivity index (χ4n) is 4.25. The van der Waals surface area contributed by atoms with Crippen LogP contribution in [-0.2, 0) is 12.7 Å². The lowest BCUT2D eigenvalue weighted by atomic mass is 10.1. The predicted octanol–water partition coefficient (Wildman–Crippen LogP) is 4.64. The van der Waals surface area contributed by atoms with Gasteiger partial charge in [-0.1, -0.05) is 0 Å². The second-order valence-corrected chi connectivity index (χ2v) is 8.19. The van der Waals surface area contributed by atoms with Gasteiger partial charge in [0.25, 0.3) is 11.6 Å². The van der Waals surface area contributed by atoms with Crippen LogP contribution in [0.15, 0.2) is 47.1 Å². The van der Waals surface area contributed by atoms with Crippen LogP contribution in [0.3, 0.4) is 0 Å². The van der Waals surface area contributed by atoms with Crippen molar-refractivity contribution >= 4 is 17.3 Å². The summed E-state index contributed by atoms with van der Waals surface area (Å²) < 4.78 is 46.4. The van der Waals surface area contributed by atoms with E-state index in [0.717, 1.165) is 29.3 Å². The highest BCUT2D eigenvalue weighted by atomic mass is 19.4. The van der Waals surface area contributed by atoms with E-state index in [1.54, 1.807) is 22.1 Å². The van der Waals surface area contributed by atoms with Crippen molar-refractivity contribution in [1.29, 1.82) is 0 Å². The lowest BCUT2D eigenvalue weighted by Crippen LogP contribution is -2.49. The molecule has 1 fully saturated rings. The van der Waals surface area contributed by atoms with Crippen molar-refractivity contribution in [3.8, 4) is 0 Å². The fraction of sp³-hybridized carbons (Fsp3) is 0.348. The van der Waals surface area contributed by atoms with Crippen molar-refractivity contribution in [1.82, 2.24) is 9.47 Å². The molecule has 3 aromatic rings. The summed E-state index contributed by atoms with van der Waals surface area (Å²) >= 11 is 0. The van der Waals surface area contributed by atoms with Crippen molar-refractivity contribution in [2.75, 3.05) is 31.1 Å². The number of nitro benzene ring substituents is 1. The monoisotopic (exact) mass is 476 g/mol. The Morgan fingerprint density at radius 2 is 1.82 bits per heavy atom. The molecule has 4 rings (SSSR count). The molecule has 1 saturated heterocycles. The van der Waals surface area contributed by atoms with Crippen LogP contribution in [0.25, 0.3) is 0 Å². The number of furan rings is 1. The van der Waals surface area contributed by atoms with Crippen LogP contribution >= 0.6 is 0 Å². The molecular weight excluding hydrogens is 453 g/mol. The molecule has 0 aliphatic carbocycles. The maximum atomic E-state index is 13.2. The summed E-state index contributed by atoms with van der Waals surface area (Å²) in [6.07, 6.45) is -3.08. The van der Waals surface area contributed by atoms with Crippen LogP contribution in [0.1, 0.15) is 33.1 Å². The van der Waals surface area contributed by atoms with Gasteiger partial charge in [0, 0.05) is 43.6 Å². The van der Waals surface area contributed by atoms with E-state index in [1.165, 1.54) is 0 Å². The largest absolute Gasteiger partial charge is 0.467 e. The first-order valence-electron chi connectivity index (χ1n) is 10.6. The number of aromatic nitrogens is 1. The normalized spacial score (nSPS) is 14.5. The molecule has 0 unspecified atom stereocenters. The van der Waals surface area contributed by atoms with Crippen molar-refractivity contribution in [2.45, 2.75) is 26.6 Å². The Morgan fingerprint density at radius 3 is 2.41 bits per heavy atom. The first-order chi connectivity index (χ1) is 16.1. The lowest BCUT2D eigenvalue weighted by Gasteiger charge is -2.36. The summed E-state index contributed by atoms with van der Waals surface area (Å²) in [5, 5.41) is 11.4. The quantitative estimate of drug-likeness (QED) is 0.396. The Hall–Kier alpha value is -3.76. The number of hydrogen-bond acceptors (Lipinski definition) is 5. The van der Waals surface area contributed by atoms with E-state index in [9.17, 15) is 28.1 Å². The first kappa shape index (κ1) is 23.4. The molecule has 1 aliphatic rings. The van der Waals surface area contributed by atoms with E-state index in [2.05, 4.69) is 0 Å². The number of aryl methyl sites for hydroxylation is 1. The number of piperazine rings is 1. The third-order valence-corrected chi connectivity index (χ3v) is 6.11. The molecule has 0 atom stereocenters. The van der Waals surface area contributed by atoms with Gasteiger partial charge in [-0.15, -0.1) is 0 Å². The van der Waals surface area contributed by atoms with Crippen molar-refractivity contribution in [3.63, 3.8) is 0 Å². The molecule has 0 N–H and O–H groups in total. The number of carbonyl (C=O) groups excluding carboxylic acids is 1. The van der Waals surface area contributed by atoms with Crippen LogP contribution in [0.2, 0.25) is 0 Å². The standard InChI is InChI=1S/C23H23F3N4O4/c1-15-12-19(16(2)29(15)14-18-4-3-11-34-18)22(31)28-9-7-27(8-10-28)20-6-5-17(23(24,25)26)13-21(20)30(32)33/h3-6,11-13H,7-10,14H2,1-2H3. The summed E-state index contributed by atoms with van der Waals surface area (Å²) in [4.78, 5) is 27.1. The van der Waals surface area contributed by atoms with Gasteiger partial charge < -0.3 is 18.8 Å². The Bertz CT molecular complexity index is 1210. The topological polar surface area (TPSA) is 84.8 Å². The molecule has 1 aliphatic heterocycles. The zero-order valence-corrected chi connectivity index (χ0v) is 18.6. The van der Waals surface area contributed by atoms with Gasteiger partial charge in [0.1, 0.15) is 11.4 Å².